The van der Waals surface area contributed by atoms with Gasteiger partial charge in [0.2, 0.25) is 5.91 Å². The number of rotatable bonds is 8. The molecule has 32 heavy (non-hydrogen) atoms. The first kappa shape index (κ1) is 23.1. The van der Waals surface area contributed by atoms with E-state index in [1.54, 1.807) is 31.2 Å². The number of carbonyl (C=O) groups excluding carboxylic acids is 4. The predicted molar refractivity (Wildman–Crippen MR) is 117 cm³/mol. The lowest BCUT2D eigenvalue weighted by molar-refractivity contribution is -0.131. The van der Waals surface area contributed by atoms with Gasteiger partial charge in [0.1, 0.15) is 11.4 Å². The van der Waals surface area contributed by atoms with E-state index in [1.165, 1.54) is 24.3 Å². The van der Waals surface area contributed by atoms with E-state index >= 15 is 0 Å². The van der Waals surface area contributed by atoms with Crippen LogP contribution in [0.5, 0.6) is 0 Å². The second-order valence-electron chi connectivity index (χ2n) is 8.23. The molecule has 0 aromatic heterocycles. The molecule has 3 rings (SSSR count). The van der Waals surface area contributed by atoms with Crippen LogP contribution in [0.4, 0.5) is 14.9 Å². The molecule has 7 nitrogen and oxygen atoms in total. The number of nitrogens with zero attached hydrogens (tertiary/aromatic N) is 1. The second-order valence-corrected chi connectivity index (χ2v) is 8.23. The number of nitrogens with one attached hydrogen (secondary N) is 2. The van der Waals surface area contributed by atoms with Crippen LogP contribution in [0.2, 0.25) is 0 Å². The van der Waals surface area contributed by atoms with Crippen molar-refractivity contribution < 1.29 is 23.6 Å². The minimum Gasteiger partial charge on any atom is -0.326 e. The molecule has 1 aliphatic rings. The van der Waals surface area contributed by atoms with Gasteiger partial charge >= 0.3 is 6.03 Å². The first-order chi connectivity index (χ1) is 15.2. The standard InChI is InChI=1S/C24H26FN3O4/c1-4-24(17-7-9-18(25)10-8-17)22(31)28(23(32)27-24)14-20(29)16-5-11-19(12-6-16)26-21(30)13-15(2)3/h5-12,15H,4,13-14H2,1-3H3,(H,26,30)(H,27,32)/t24-/m0/s1. The summed E-state index contributed by atoms with van der Waals surface area (Å²) in [4.78, 5) is 51.2. The van der Waals surface area contributed by atoms with Crippen molar-refractivity contribution in [2.24, 2.45) is 5.92 Å². The number of urea groups is 1. The van der Waals surface area contributed by atoms with Gasteiger partial charge in [-0.25, -0.2) is 9.18 Å². The van der Waals surface area contributed by atoms with E-state index in [-0.39, 0.29) is 18.2 Å². The van der Waals surface area contributed by atoms with Crippen molar-refractivity contribution >= 4 is 29.3 Å². The highest BCUT2D eigenvalue weighted by Gasteiger charge is 2.51. The molecule has 2 aromatic carbocycles. The Labute approximate surface area is 186 Å². The zero-order chi connectivity index (χ0) is 23.5. The molecule has 168 valence electrons. The fourth-order valence-electron chi connectivity index (χ4n) is 3.70. The lowest BCUT2D eigenvalue weighted by Crippen LogP contribution is -2.43. The number of benzene rings is 2. The van der Waals surface area contributed by atoms with Crippen molar-refractivity contribution in [1.82, 2.24) is 10.2 Å². The Balaban J connectivity index is 1.72. The smallest absolute Gasteiger partial charge is 0.325 e. The molecule has 1 fully saturated rings. The maximum atomic E-state index is 13.3. The van der Waals surface area contributed by atoms with E-state index in [0.29, 0.717) is 23.2 Å². The number of ketones is 1. The molecule has 2 aromatic rings. The maximum absolute atomic E-state index is 13.3. The number of Topliss-reactive ketones (excluding diaryl/α,β-unsaturated/α-hetero) is 1. The molecule has 0 spiro atoms. The van der Waals surface area contributed by atoms with Crippen LogP contribution < -0.4 is 10.6 Å². The molecule has 0 aliphatic carbocycles. The minimum atomic E-state index is -1.34. The van der Waals surface area contributed by atoms with Crippen molar-refractivity contribution in [2.75, 3.05) is 11.9 Å². The topological polar surface area (TPSA) is 95.6 Å². The van der Waals surface area contributed by atoms with Crippen LogP contribution in [-0.2, 0) is 15.1 Å². The monoisotopic (exact) mass is 439 g/mol. The summed E-state index contributed by atoms with van der Waals surface area (Å²) in [6.07, 6.45) is 0.638. The van der Waals surface area contributed by atoms with Crippen molar-refractivity contribution in [3.63, 3.8) is 0 Å². The number of halogens is 1. The fraction of sp³-hybridized carbons (Fsp3) is 0.333. The van der Waals surface area contributed by atoms with Gasteiger partial charge in [-0.2, -0.15) is 0 Å². The van der Waals surface area contributed by atoms with Crippen LogP contribution in [-0.4, -0.2) is 35.1 Å². The third-order valence-corrected chi connectivity index (χ3v) is 5.43. The number of hydrogen-bond donors (Lipinski definition) is 2. The van der Waals surface area contributed by atoms with Gasteiger partial charge in [-0.1, -0.05) is 32.9 Å². The van der Waals surface area contributed by atoms with Gasteiger partial charge in [-0.15, -0.1) is 0 Å². The molecule has 0 unspecified atom stereocenters. The number of anilines is 1. The van der Waals surface area contributed by atoms with Crippen molar-refractivity contribution in [1.29, 1.82) is 0 Å². The SMILES string of the molecule is CC[C@@]1(c2ccc(F)cc2)NC(=O)N(CC(=O)c2ccc(NC(=O)CC(C)C)cc2)C1=O. The number of imide groups is 1. The zero-order valence-corrected chi connectivity index (χ0v) is 18.3. The van der Waals surface area contributed by atoms with Crippen molar-refractivity contribution in [3.8, 4) is 0 Å². The first-order valence-electron chi connectivity index (χ1n) is 10.5. The van der Waals surface area contributed by atoms with E-state index < -0.39 is 35.6 Å². The summed E-state index contributed by atoms with van der Waals surface area (Å²) >= 11 is 0. The Kier molecular flexibility index (Phi) is 6.72. The average Bonchev–Trinajstić information content (AvgIpc) is 2.99. The van der Waals surface area contributed by atoms with Crippen LogP contribution in [0, 0.1) is 11.7 Å². The Hall–Kier alpha value is -3.55. The number of amides is 4. The highest BCUT2D eigenvalue weighted by molar-refractivity contribution is 6.11. The third-order valence-electron chi connectivity index (χ3n) is 5.43. The Morgan fingerprint density at radius 1 is 1.06 bits per heavy atom. The second kappa shape index (κ2) is 9.30. The van der Waals surface area contributed by atoms with Crippen LogP contribution in [0.3, 0.4) is 0 Å². The number of carbonyl (C=O) groups is 4. The largest absolute Gasteiger partial charge is 0.326 e. The molecule has 0 saturated carbocycles. The van der Waals surface area contributed by atoms with E-state index in [2.05, 4.69) is 10.6 Å². The lowest BCUT2D eigenvalue weighted by atomic mass is 9.87. The van der Waals surface area contributed by atoms with Gasteiger partial charge in [0.25, 0.3) is 5.91 Å². The van der Waals surface area contributed by atoms with Crippen LogP contribution >= 0.6 is 0 Å². The highest BCUT2D eigenvalue weighted by Crippen LogP contribution is 2.32. The summed E-state index contributed by atoms with van der Waals surface area (Å²) in [5, 5.41) is 5.43. The average molecular weight is 439 g/mol. The molecule has 1 heterocycles. The lowest BCUT2D eigenvalue weighted by Gasteiger charge is -2.25. The molecule has 4 amide bonds. The maximum Gasteiger partial charge on any atom is 0.325 e. The third kappa shape index (κ3) is 4.69. The molecular formula is C24H26FN3O4. The Morgan fingerprint density at radius 2 is 1.69 bits per heavy atom. The van der Waals surface area contributed by atoms with Gasteiger partial charge < -0.3 is 10.6 Å². The summed E-state index contributed by atoms with van der Waals surface area (Å²) < 4.78 is 13.3. The first-order valence-corrected chi connectivity index (χ1v) is 10.5. The van der Waals surface area contributed by atoms with Crippen molar-refractivity contribution in [2.45, 2.75) is 39.2 Å². The van der Waals surface area contributed by atoms with Crippen molar-refractivity contribution in [3.05, 3.63) is 65.5 Å². The van der Waals surface area contributed by atoms with E-state index in [0.717, 1.165) is 4.90 Å². The summed E-state index contributed by atoms with van der Waals surface area (Å²) in [5.74, 6) is -1.31. The normalized spacial score (nSPS) is 18.1. The van der Waals surface area contributed by atoms with Crippen LogP contribution in [0.25, 0.3) is 0 Å². The summed E-state index contributed by atoms with van der Waals surface area (Å²) in [6.45, 7) is 5.20. The molecular weight excluding hydrogens is 413 g/mol. The predicted octanol–water partition coefficient (Wildman–Crippen LogP) is 3.85. The summed E-state index contributed by atoms with van der Waals surface area (Å²) in [6, 6.07) is 11.0. The van der Waals surface area contributed by atoms with Gasteiger partial charge in [0.05, 0.1) is 6.54 Å². The fourth-order valence-corrected chi connectivity index (χ4v) is 3.70. The highest BCUT2D eigenvalue weighted by atomic mass is 19.1. The van der Waals surface area contributed by atoms with Crippen LogP contribution in [0.1, 0.15) is 49.5 Å². The molecule has 1 atom stereocenters. The summed E-state index contributed by atoms with van der Waals surface area (Å²) in [5.41, 5.74) is -0.0155. The van der Waals surface area contributed by atoms with Gasteiger partial charge in [0, 0.05) is 17.7 Å². The molecule has 1 saturated heterocycles. The van der Waals surface area contributed by atoms with E-state index in [9.17, 15) is 23.6 Å². The molecule has 2 N–H and O–H groups in total. The molecule has 1 aliphatic heterocycles. The molecule has 0 radical (unpaired) electrons. The quantitative estimate of drug-likeness (QED) is 0.482. The van der Waals surface area contributed by atoms with Gasteiger partial charge in [0.15, 0.2) is 5.78 Å². The minimum absolute atomic E-state index is 0.116. The van der Waals surface area contributed by atoms with Crippen LogP contribution in [0.15, 0.2) is 48.5 Å². The van der Waals surface area contributed by atoms with Gasteiger partial charge in [-0.05, 0) is 54.3 Å². The zero-order valence-electron chi connectivity index (χ0n) is 18.3. The van der Waals surface area contributed by atoms with Gasteiger partial charge in [-0.3, -0.25) is 19.3 Å². The molecule has 0 bridgehead atoms. The Bertz CT molecular complexity index is 1030. The summed E-state index contributed by atoms with van der Waals surface area (Å²) in [7, 11) is 0. The van der Waals surface area contributed by atoms with E-state index in [4.69, 9.17) is 0 Å². The van der Waals surface area contributed by atoms with E-state index in [1.807, 2.05) is 13.8 Å². The molecule has 8 heteroatoms. The number of hydrogen-bond acceptors (Lipinski definition) is 4. The Morgan fingerprint density at radius 3 is 2.25 bits per heavy atom.